The van der Waals surface area contributed by atoms with Crippen LogP contribution in [-0.2, 0) is 0 Å². The summed E-state index contributed by atoms with van der Waals surface area (Å²) in [5.74, 6) is 1.49. The molecule has 0 N–H and O–H groups in total. The van der Waals surface area contributed by atoms with Crippen molar-refractivity contribution in [3.8, 4) is 11.5 Å². The molecule has 1 radical (unpaired) electrons. The molecular weight excluding hydrogens is 350 g/mol. The van der Waals surface area contributed by atoms with Gasteiger partial charge >= 0.3 is 0 Å². The summed E-state index contributed by atoms with van der Waals surface area (Å²) in [7, 11) is 0.0164. The molecule has 0 aromatic heterocycles. The third kappa shape index (κ3) is 6.69. The Kier molecular flexibility index (Phi) is 9.09. The summed E-state index contributed by atoms with van der Waals surface area (Å²) in [6.07, 6.45) is 0.125. The fraction of sp³-hybridized carbons (Fsp3) is 0.409. The Bertz CT molecular complexity index is 777. The minimum absolute atomic E-state index is 0. The number of ether oxygens (including phenoxy) is 2. The first-order valence-corrected chi connectivity index (χ1v) is 10.0. The van der Waals surface area contributed by atoms with E-state index in [0.29, 0.717) is 0 Å². The van der Waals surface area contributed by atoms with Crippen molar-refractivity contribution in [2.75, 3.05) is 0 Å². The normalized spacial score (nSPS) is 11.1. The Morgan fingerprint density at radius 1 is 0.889 bits per heavy atom. The summed E-state index contributed by atoms with van der Waals surface area (Å²) in [6.45, 7) is 14.0. The molecule has 0 amide bonds. The van der Waals surface area contributed by atoms with Crippen molar-refractivity contribution in [2.45, 2.75) is 60.7 Å². The van der Waals surface area contributed by atoms with Crippen LogP contribution in [0, 0.1) is 20.8 Å². The Morgan fingerprint density at radius 2 is 1.44 bits per heavy atom. The van der Waals surface area contributed by atoms with Crippen LogP contribution < -0.4 is 14.8 Å². The average Bonchev–Trinajstić information content (AvgIpc) is 2.47. The van der Waals surface area contributed by atoms with Gasteiger partial charge in [-0.15, -0.1) is 0 Å². The molecule has 27 heavy (non-hydrogen) atoms. The molecule has 0 heterocycles. The molecule has 2 aromatic carbocycles. The monoisotopic (exact) mass is 379 g/mol. The number of carbonyl (C=O) groups is 1. The molecule has 0 bridgehead atoms. The second-order valence-corrected chi connectivity index (χ2v) is 8.46. The minimum Gasteiger partial charge on any atom is -0.491 e. The van der Waals surface area contributed by atoms with Crippen molar-refractivity contribution in [3.63, 3.8) is 0 Å². The molecule has 0 saturated carbocycles. The first-order chi connectivity index (χ1) is 12.2. The molecule has 0 spiro atoms. The Hall–Kier alpha value is -1.26. The molecule has 3 nitrogen and oxygen atoms in total. The van der Waals surface area contributed by atoms with Crippen molar-refractivity contribution in [2.24, 2.45) is 0 Å². The molecule has 1 atom stereocenters. The van der Waals surface area contributed by atoms with Gasteiger partial charge in [0.05, 0.1) is 12.2 Å². The Balaban J connectivity index is 0.00000364. The predicted octanol–water partition coefficient (Wildman–Crippen LogP) is 4.95. The zero-order chi connectivity index (χ0) is 19.4. The zero-order valence-corrected chi connectivity index (χ0v) is 18.8. The number of hydrogen-bond acceptors (Lipinski definition) is 3. The molecule has 0 saturated heterocycles. The number of carbonyl (C=O) groups excluding carboxylic acids is 1. The van der Waals surface area contributed by atoms with E-state index in [9.17, 15) is 4.79 Å². The smallest absolute Gasteiger partial charge is 0.186 e. The molecule has 0 aliphatic heterocycles. The largest absolute Gasteiger partial charge is 0.491 e. The number of rotatable bonds is 7. The summed E-state index contributed by atoms with van der Waals surface area (Å²) in [5.41, 5.74) is 4.22. The second-order valence-electron chi connectivity index (χ2n) is 7.22. The molecule has 2 rings (SSSR count). The van der Waals surface area contributed by atoms with Crippen LogP contribution in [0.25, 0.3) is 0 Å². The van der Waals surface area contributed by atoms with Crippen LogP contribution in [-0.4, -0.2) is 36.6 Å². The maximum atomic E-state index is 13.0. The number of hydrogen-bond donors (Lipinski definition) is 0. The maximum absolute atomic E-state index is 13.0. The zero-order valence-electron chi connectivity index (χ0n) is 17.8. The van der Waals surface area contributed by atoms with Gasteiger partial charge in [-0.25, -0.2) is 0 Å². The maximum Gasteiger partial charge on any atom is 0.186 e. The Morgan fingerprint density at radius 3 is 1.96 bits per heavy atom. The van der Waals surface area contributed by atoms with Crippen molar-refractivity contribution in [3.05, 3.63) is 52.6 Å². The van der Waals surface area contributed by atoms with Gasteiger partial charge in [0.2, 0.25) is 0 Å². The number of benzene rings is 2. The quantitative estimate of drug-likeness (QED) is 0.504. The van der Waals surface area contributed by atoms with Gasteiger partial charge in [0.1, 0.15) is 11.5 Å². The van der Waals surface area contributed by atoms with Crippen LogP contribution >= 0.6 is 8.58 Å². The topological polar surface area (TPSA) is 35.5 Å². The van der Waals surface area contributed by atoms with E-state index < -0.39 is 0 Å². The van der Waals surface area contributed by atoms with E-state index >= 15 is 0 Å². The standard InChI is InChI=1S/C22H29O3P.Li/c1-13(2)24-18-8-9-20(19(12-18)25-14(3)4)26-22(23)21-16(6)10-15(5)11-17(21)7;/h8-14,26H,1-7H3;. The second kappa shape index (κ2) is 10.3. The molecule has 141 valence electrons. The summed E-state index contributed by atoms with van der Waals surface area (Å²) >= 11 is 0. The van der Waals surface area contributed by atoms with Gasteiger partial charge in [-0.3, -0.25) is 4.79 Å². The summed E-state index contributed by atoms with van der Waals surface area (Å²) in [5, 5.41) is 0.916. The predicted molar refractivity (Wildman–Crippen MR) is 117 cm³/mol. The van der Waals surface area contributed by atoms with Gasteiger partial charge in [0.25, 0.3) is 0 Å². The first kappa shape index (κ1) is 23.8. The SMILES string of the molecule is Cc1cc(C)c(C(=O)Pc2ccc(OC(C)C)cc2OC(C)C)c(C)c1.[Li]. The van der Waals surface area contributed by atoms with Crippen molar-refractivity contribution < 1.29 is 14.3 Å². The van der Waals surface area contributed by atoms with Gasteiger partial charge in [0, 0.05) is 35.8 Å². The molecule has 0 aliphatic carbocycles. The number of aryl methyl sites for hydroxylation is 3. The molecule has 2 aromatic rings. The van der Waals surface area contributed by atoms with Crippen molar-refractivity contribution in [1.29, 1.82) is 0 Å². The average molecular weight is 379 g/mol. The summed E-state index contributed by atoms with van der Waals surface area (Å²) in [4.78, 5) is 13.0. The molecule has 0 fully saturated rings. The van der Waals surface area contributed by atoms with Crippen LogP contribution in [0.4, 0.5) is 0 Å². The van der Waals surface area contributed by atoms with E-state index in [1.165, 1.54) is 5.56 Å². The molecular formula is C22H29LiO3P. The van der Waals surface area contributed by atoms with Gasteiger partial charge in [-0.2, -0.15) is 0 Å². The fourth-order valence-electron chi connectivity index (χ4n) is 3.03. The minimum atomic E-state index is 0. The first-order valence-electron chi connectivity index (χ1n) is 9.04. The van der Waals surface area contributed by atoms with E-state index in [-0.39, 0.29) is 45.2 Å². The third-order valence-electron chi connectivity index (χ3n) is 3.84. The van der Waals surface area contributed by atoms with E-state index in [0.717, 1.165) is 33.5 Å². The molecule has 5 heteroatoms. The van der Waals surface area contributed by atoms with Crippen molar-refractivity contribution in [1.82, 2.24) is 0 Å². The van der Waals surface area contributed by atoms with Crippen LogP contribution in [0.1, 0.15) is 54.7 Å². The summed E-state index contributed by atoms with van der Waals surface area (Å²) < 4.78 is 11.7. The van der Waals surface area contributed by atoms with Gasteiger partial charge in [-0.1, -0.05) is 17.7 Å². The van der Waals surface area contributed by atoms with E-state index in [2.05, 4.69) is 19.1 Å². The molecule has 0 aliphatic rings. The van der Waals surface area contributed by atoms with E-state index in [4.69, 9.17) is 9.47 Å². The van der Waals surface area contributed by atoms with Gasteiger partial charge in [0.15, 0.2) is 5.52 Å². The summed E-state index contributed by atoms with van der Waals surface area (Å²) in [6, 6.07) is 9.89. The van der Waals surface area contributed by atoms with E-state index in [1.807, 2.05) is 59.7 Å². The van der Waals surface area contributed by atoms with Crippen LogP contribution in [0.2, 0.25) is 0 Å². The van der Waals surface area contributed by atoms with E-state index in [1.54, 1.807) is 0 Å². The molecule has 1 unspecified atom stereocenters. The van der Waals surface area contributed by atoms with Crippen LogP contribution in [0.3, 0.4) is 0 Å². The van der Waals surface area contributed by atoms with Crippen LogP contribution in [0.15, 0.2) is 30.3 Å². The van der Waals surface area contributed by atoms with Gasteiger partial charge < -0.3 is 9.47 Å². The third-order valence-corrected chi connectivity index (χ3v) is 5.00. The van der Waals surface area contributed by atoms with Crippen LogP contribution in [0.5, 0.6) is 11.5 Å². The fourth-order valence-corrected chi connectivity index (χ4v) is 4.21. The van der Waals surface area contributed by atoms with Crippen molar-refractivity contribution >= 4 is 38.3 Å². The van der Waals surface area contributed by atoms with Gasteiger partial charge in [-0.05, 0) is 80.3 Å². The Labute approximate surface area is 177 Å².